The van der Waals surface area contributed by atoms with E-state index < -0.39 is 5.97 Å². The normalized spacial score (nSPS) is 22.2. The van der Waals surface area contributed by atoms with Gasteiger partial charge in [0.05, 0.1) is 0 Å². The molecule has 1 unspecified atom stereocenters. The SMILES string of the molecule is O=C(O)C1CCCCN1Cc1sccc1Br. The zero-order valence-electron chi connectivity index (χ0n) is 8.86. The van der Waals surface area contributed by atoms with E-state index in [4.69, 9.17) is 5.11 Å². The molecule has 3 nitrogen and oxygen atoms in total. The fraction of sp³-hybridized carbons (Fsp3) is 0.545. The number of thiophene rings is 1. The molecule has 1 saturated heterocycles. The highest BCUT2D eigenvalue weighted by molar-refractivity contribution is 9.10. The van der Waals surface area contributed by atoms with Crippen LogP contribution in [0.1, 0.15) is 24.1 Å². The van der Waals surface area contributed by atoms with Crippen LogP contribution in [0.5, 0.6) is 0 Å². The lowest BCUT2D eigenvalue weighted by Gasteiger charge is -2.32. The van der Waals surface area contributed by atoms with Gasteiger partial charge in [0, 0.05) is 15.9 Å². The Hall–Kier alpha value is -0.390. The first-order valence-electron chi connectivity index (χ1n) is 5.37. The fourth-order valence-corrected chi connectivity index (χ4v) is 3.58. The zero-order valence-corrected chi connectivity index (χ0v) is 11.3. The number of likely N-dealkylation sites (tertiary alicyclic amines) is 1. The molecule has 0 radical (unpaired) electrons. The Bertz CT molecular complexity index is 380. The first kappa shape index (κ1) is 12.1. The van der Waals surface area contributed by atoms with Gasteiger partial charge in [-0.05, 0) is 46.8 Å². The van der Waals surface area contributed by atoms with Crippen molar-refractivity contribution >= 4 is 33.2 Å². The van der Waals surface area contributed by atoms with Crippen LogP contribution in [0.2, 0.25) is 0 Å². The van der Waals surface area contributed by atoms with Crippen molar-refractivity contribution in [2.75, 3.05) is 6.54 Å². The highest BCUT2D eigenvalue weighted by Gasteiger charge is 2.28. The Morgan fingerprint density at radius 3 is 3.06 bits per heavy atom. The highest BCUT2D eigenvalue weighted by Crippen LogP contribution is 2.27. The molecule has 1 N–H and O–H groups in total. The molecule has 16 heavy (non-hydrogen) atoms. The number of nitrogens with zero attached hydrogens (tertiary/aromatic N) is 1. The molecule has 88 valence electrons. The van der Waals surface area contributed by atoms with E-state index in [1.54, 1.807) is 11.3 Å². The lowest BCUT2D eigenvalue weighted by molar-refractivity contribution is -0.144. The largest absolute Gasteiger partial charge is 0.480 e. The van der Waals surface area contributed by atoms with Gasteiger partial charge in [-0.1, -0.05) is 6.42 Å². The Morgan fingerprint density at radius 1 is 1.62 bits per heavy atom. The third kappa shape index (κ3) is 2.64. The van der Waals surface area contributed by atoms with Crippen molar-refractivity contribution < 1.29 is 9.90 Å². The van der Waals surface area contributed by atoms with Crippen molar-refractivity contribution in [2.24, 2.45) is 0 Å². The van der Waals surface area contributed by atoms with Crippen LogP contribution in [0.3, 0.4) is 0 Å². The molecule has 0 spiro atoms. The Kier molecular flexibility index (Phi) is 4.00. The maximum Gasteiger partial charge on any atom is 0.320 e. The summed E-state index contributed by atoms with van der Waals surface area (Å²) in [5.41, 5.74) is 0. The van der Waals surface area contributed by atoms with Gasteiger partial charge in [0.25, 0.3) is 0 Å². The molecule has 0 saturated carbocycles. The molecule has 5 heteroatoms. The maximum absolute atomic E-state index is 11.1. The van der Waals surface area contributed by atoms with Crippen molar-refractivity contribution in [2.45, 2.75) is 31.8 Å². The van der Waals surface area contributed by atoms with Crippen molar-refractivity contribution in [1.82, 2.24) is 4.90 Å². The zero-order chi connectivity index (χ0) is 11.5. The van der Waals surface area contributed by atoms with E-state index in [2.05, 4.69) is 20.8 Å². The monoisotopic (exact) mass is 303 g/mol. The first-order chi connectivity index (χ1) is 7.68. The molecule has 1 aromatic rings. The number of carbonyl (C=O) groups is 1. The molecule has 0 amide bonds. The highest BCUT2D eigenvalue weighted by atomic mass is 79.9. The van der Waals surface area contributed by atoms with Gasteiger partial charge < -0.3 is 5.11 Å². The summed E-state index contributed by atoms with van der Waals surface area (Å²) in [7, 11) is 0. The third-order valence-corrected chi connectivity index (χ3v) is 4.85. The molecule has 1 atom stereocenters. The van der Waals surface area contributed by atoms with Gasteiger partial charge in [-0.15, -0.1) is 11.3 Å². The van der Waals surface area contributed by atoms with Gasteiger partial charge in [0.1, 0.15) is 6.04 Å². The molecule has 1 fully saturated rings. The van der Waals surface area contributed by atoms with Crippen LogP contribution in [0.25, 0.3) is 0 Å². The van der Waals surface area contributed by atoms with Crippen LogP contribution in [-0.2, 0) is 11.3 Å². The molecule has 1 aliphatic rings. The molecular formula is C11H14BrNO2S. The summed E-state index contributed by atoms with van der Waals surface area (Å²) in [6.45, 7) is 1.64. The second-order valence-electron chi connectivity index (χ2n) is 4.01. The lowest BCUT2D eigenvalue weighted by atomic mass is 10.0. The van der Waals surface area contributed by atoms with Crippen molar-refractivity contribution in [3.05, 3.63) is 20.8 Å². The molecule has 0 bridgehead atoms. The number of rotatable bonds is 3. The van der Waals surface area contributed by atoms with Crippen molar-refractivity contribution in [3.8, 4) is 0 Å². The van der Waals surface area contributed by atoms with Crippen LogP contribution in [-0.4, -0.2) is 28.6 Å². The topological polar surface area (TPSA) is 40.5 Å². The van der Waals surface area contributed by atoms with E-state index in [1.165, 1.54) is 4.88 Å². The molecule has 2 heterocycles. The third-order valence-electron chi connectivity index (χ3n) is 2.94. The van der Waals surface area contributed by atoms with E-state index in [1.807, 2.05) is 11.4 Å². The second-order valence-corrected chi connectivity index (χ2v) is 5.87. The second kappa shape index (κ2) is 5.29. The minimum atomic E-state index is -0.688. The summed E-state index contributed by atoms with van der Waals surface area (Å²) >= 11 is 5.16. The van der Waals surface area contributed by atoms with Gasteiger partial charge in [-0.3, -0.25) is 9.69 Å². The van der Waals surface area contributed by atoms with Crippen LogP contribution < -0.4 is 0 Å². The van der Waals surface area contributed by atoms with Gasteiger partial charge in [0.15, 0.2) is 0 Å². The summed E-state index contributed by atoms with van der Waals surface area (Å²) < 4.78 is 1.09. The van der Waals surface area contributed by atoms with E-state index >= 15 is 0 Å². The Balaban J connectivity index is 2.07. The standard InChI is InChI=1S/C11H14BrNO2S/c12-8-4-6-16-10(8)7-13-5-2-1-3-9(13)11(14)15/h4,6,9H,1-3,5,7H2,(H,14,15). The number of hydrogen-bond donors (Lipinski definition) is 1. The predicted octanol–water partition coefficient (Wildman–Crippen LogP) is 2.95. The lowest BCUT2D eigenvalue weighted by Crippen LogP contribution is -2.43. The minimum absolute atomic E-state index is 0.303. The maximum atomic E-state index is 11.1. The predicted molar refractivity (Wildman–Crippen MR) is 67.7 cm³/mol. The summed E-state index contributed by atoms with van der Waals surface area (Å²) in [6.07, 6.45) is 2.91. The summed E-state index contributed by atoms with van der Waals surface area (Å²) in [6, 6.07) is 1.71. The quantitative estimate of drug-likeness (QED) is 0.933. The van der Waals surface area contributed by atoms with Gasteiger partial charge in [-0.25, -0.2) is 0 Å². The fourth-order valence-electron chi connectivity index (χ4n) is 2.08. The number of carboxylic acids is 1. The van der Waals surface area contributed by atoms with Crippen LogP contribution in [0.4, 0.5) is 0 Å². The molecule has 0 aromatic carbocycles. The number of piperidine rings is 1. The molecule has 1 aromatic heterocycles. The molecule has 2 rings (SSSR count). The Morgan fingerprint density at radius 2 is 2.44 bits per heavy atom. The molecule has 0 aliphatic carbocycles. The van der Waals surface area contributed by atoms with E-state index in [0.29, 0.717) is 0 Å². The minimum Gasteiger partial charge on any atom is -0.480 e. The van der Waals surface area contributed by atoms with Crippen LogP contribution >= 0.6 is 27.3 Å². The van der Waals surface area contributed by atoms with E-state index in [9.17, 15) is 4.79 Å². The van der Waals surface area contributed by atoms with E-state index in [0.717, 1.165) is 36.8 Å². The summed E-state index contributed by atoms with van der Waals surface area (Å²) in [5, 5.41) is 11.2. The Labute approximate surface area is 107 Å². The first-order valence-corrected chi connectivity index (χ1v) is 7.04. The van der Waals surface area contributed by atoms with Crippen molar-refractivity contribution in [1.29, 1.82) is 0 Å². The summed E-state index contributed by atoms with van der Waals surface area (Å²) in [4.78, 5) is 14.4. The van der Waals surface area contributed by atoms with Crippen LogP contribution in [0.15, 0.2) is 15.9 Å². The number of halogens is 1. The van der Waals surface area contributed by atoms with Crippen molar-refractivity contribution in [3.63, 3.8) is 0 Å². The number of hydrogen-bond acceptors (Lipinski definition) is 3. The van der Waals surface area contributed by atoms with Gasteiger partial charge >= 0.3 is 5.97 Å². The summed E-state index contributed by atoms with van der Waals surface area (Å²) in [5.74, 6) is -0.688. The van der Waals surface area contributed by atoms with Gasteiger partial charge in [-0.2, -0.15) is 0 Å². The molecule has 1 aliphatic heterocycles. The number of aliphatic carboxylic acids is 1. The van der Waals surface area contributed by atoms with E-state index in [-0.39, 0.29) is 6.04 Å². The number of carboxylic acid groups (broad SMARTS) is 1. The molecular weight excluding hydrogens is 290 g/mol. The van der Waals surface area contributed by atoms with Crippen LogP contribution in [0, 0.1) is 0 Å². The van der Waals surface area contributed by atoms with Gasteiger partial charge in [0.2, 0.25) is 0 Å². The average molecular weight is 304 g/mol. The smallest absolute Gasteiger partial charge is 0.320 e. The average Bonchev–Trinajstić information content (AvgIpc) is 2.65.